The lowest BCUT2D eigenvalue weighted by Crippen LogP contribution is -2.43. The molecule has 0 radical (unpaired) electrons. The van der Waals surface area contributed by atoms with Crippen LogP contribution in [0.25, 0.3) is 0 Å². The number of nitrogens with one attached hydrogen (secondary N) is 2. The SMILES string of the molecule is COc1cccc(NC(=O)C(=O)NCC2(c3ccsc3)CCCC2)c1. The van der Waals surface area contributed by atoms with E-state index in [1.165, 1.54) is 5.56 Å². The zero-order valence-electron chi connectivity index (χ0n) is 14.2. The number of amides is 2. The third-order valence-corrected chi connectivity index (χ3v) is 5.50. The fraction of sp³-hybridized carbons (Fsp3) is 0.368. The second kappa shape index (κ2) is 7.70. The van der Waals surface area contributed by atoms with Crippen molar-refractivity contribution in [3.63, 3.8) is 0 Å². The van der Waals surface area contributed by atoms with Crippen molar-refractivity contribution in [3.8, 4) is 5.75 Å². The third-order valence-electron chi connectivity index (χ3n) is 4.82. The molecule has 0 unspecified atom stereocenters. The standard InChI is InChI=1S/C19H22N2O3S/c1-24-16-6-4-5-15(11-16)21-18(23)17(22)20-13-19(8-2-3-9-19)14-7-10-25-12-14/h4-7,10-12H,2-3,8-9,13H2,1H3,(H,20,22)(H,21,23). The molecule has 1 aromatic heterocycles. The van der Waals surface area contributed by atoms with Gasteiger partial charge < -0.3 is 15.4 Å². The quantitative estimate of drug-likeness (QED) is 0.806. The first-order valence-corrected chi connectivity index (χ1v) is 9.33. The highest BCUT2D eigenvalue weighted by atomic mass is 32.1. The normalized spacial score (nSPS) is 15.6. The highest BCUT2D eigenvalue weighted by Crippen LogP contribution is 2.41. The van der Waals surface area contributed by atoms with Crippen LogP contribution in [0.1, 0.15) is 31.2 Å². The molecule has 2 amide bonds. The lowest BCUT2D eigenvalue weighted by atomic mass is 9.80. The smallest absolute Gasteiger partial charge is 0.313 e. The summed E-state index contributed by atoms with van der Waals surface area (Å²) in [6.07, 6.45) is 4.40. The predicted octanol–water partition coefficient (Wildman–Crippen LogP) is 3.32. The Balaban J connectivity index is 1.60. The predicted molar refractivity (Wildman–Crippen MR) is 99.1 cm³/mol. The largest absolute Gasteiger partial charge is 0.497 e. The molecule has 0 spiro atoms. The lowest BCUT2D eigenvalue weighted by Gasteiger charge is -2.28. The van der Waals surface area contributed by atoms with Gasteiger partial charge in [0.05, 0.1) is 7.11 Å². The van der Waals surface area contributed by atoms with Gasteiger partial charge in [-0.15, -0.1) is 0 Å². The van der Waals surface area contributed by atoms with Crippen LogP contribution in [0.2, 0.25) is 0 Å². The fourth-order valence-electron chi connectivity index (χ4n) is 3.40. The Morgan fingerprint density at radius 3 is 2.68 bits per heavy atom. The minimum atomic E-state index is -0.660. The molecule has 0 bridgehead atoms. The fourth-order valence-corrected chi connectivity index (χ4v) is 4.18. The van der Waals surface area contributed by atoms with E-state index in [0.717, 1.165) is 25.7 Å². The second-order valence-electron chi connectivity index (χ2n) is 6.37. The topological polar surface area (TPSA) is 67.4 Å². The van der Waals surface area contributed by atoms with E-state index in [0.29, 0.717) is 18.0 Å². The maximum Gasteiger partial charge on any atom is 0.313 e. The van der Waals surface area contributed by atoms with E-state index in [2.05, 4.69) is 27.5 Å². The van der Waals surface area contributed by atoms with Gasteiger partial charge in [-0.05, 0) is 47.4 Å². The summed E-state index contributed by atoms with van der Waals surface area (Å²) in [5, 5.41) is 9.64. The highest BCUT2D eigenvalue weighted by molar-refractivity contribution is 7.08. The lowest BCUT2D eigenvalue weighted by molar-refractivity contribution is -0.136. The Bertz CT molecular complexity index is 737. The van der Waals surface area contributed by atoms with Gasteiger partial charge in [-0.25, -0.2) is 0 Å². The molecule has 5 nitrogen and oxygen atoms in total. The number of hydrogen-bond acceptors (Lipinski definition) is 4. The van der Waals surface area contributed by atoms with Crippen LogP contribution in [-0.4, -0.2) is 25.5 Å². The van der Waals surface area contributed by atoms with E-state index < -0.39 is 11.8 Å². The molecule has 0 saturated heterocycles. The van der Waals surface area contributed by atoms with Crippen LogP contribution in [0.4, 0.5) is 5.69 Å². The van der Waals surface area contributed by atoms with Crippen LogP contribution < -0.4 is 15.4 Å². The molecule has 3 rings (SSSR count). The molecule has 132 valence electrons. The van der Waals surface area contributed by atoms with Crippen LogP contribution in [0.3, 0.4) is 0 Å². The van der Waals surface area contributed by atoms with Crippen molar-refractivity contribution >= 4 is 28.8 Å². The van der Waals surface area contributed by atoms with E-state index in [1.54, 1.807) is 42.7 Å². The molecule has 0 aliphatic heterocycles. The molecule has 1 aliphatic rings. The number of rotatable bonds is 5. The molecular weight excluding hydrogens is 336 g/mol. The molecule has 6 heteroatoms. The summed E-state index contributed by atoms with van der Waals surface area (Å²) in [5.41, 5.74) is 1.77. The number of anilines is 1. The van der Waals surface area contributed by atoms with Crippen molar-refractivity contribution in [2.45, 2.75) is 31.1 Å². The Morgan fingerprint density at radius 1 is 1.20 bits per heavy atom. The molecule has 2 aromatic rings. The number of methoxy groups -OCH3 is 1. The molecule has 2 N–H and O–H groups in total. The second-order valence-corrected chi connectivity index (χ2v) is 7.15. The van der Waals surface area contributed by atoms with Crippen molar-refractivity contribution < 1.29 is 14.3 Å². The molecule has 0 atom stereocenters. The maximum atomic E-state index is 12.2. The number of ether oxygens (including phenoxy) is 1. The molecule has 25 heavy (non-hydrogen) atoms. The van der Waals surface area contributed by atoms with E-state index in [4.69, 9.17) is 4.74 Å². The van der Waals surface area contributed by atoms with E-state index >= 15 is 0 Å². The summed E-state index contributed by atoms with van der Waals surface area (Å²) < 4.78 is 5.12. The average molecular weight is 358 g/mol. The summed E-state index contributed by atoms with van der Waals surface area (Å²) in [6.45, 7) is 0.494. The number of thiophene rings is 1. The van der Waals surface area contributed by atoms with Gasteiger partial charge in [-0.1, -0.05) is 18.9 Å². The molecule has 1 aliphatic carbocycles. The van der Waals surface area contributed by atoms with Crippen LogP contribution in [0.5, 0.6) is 5.75 Å². The van der Waals surface area contributed by atoms with Crippen LogP contribution in [-0.2, 0) is 15.0 Å². The van der Waals surface area contributed by atoms with E-state index in [-0.39, 0.29) is 5.41 Å². The number of carbonyl (C=O) groups is 2. The first-order valence-electron chi connectivity index (χ1n) is 8.39. The van der Waals surface area contributed by atoms with E-state index in [9.17, 15) is 9.59 Å². The van der Waals surface area contributed by atoms with Crippen molar-refractivity contribution in [1.29, 1.82) is 0 Å². The average Bonchev–Trinajstić information content (AvgIpc) is 3.32. The zero-order valence-corrected chi connectivity index (χ0v) is 15.0. The Hall–Kier alpha value is -2.34. The summed E-state index contributed by atoms with van der Waals surface area (Å²) >= 11 is 1.67. The van der Waals surface area contributed by atoms with Crippen molar-refractivity contribution in [3.05, 3.63) is 46.7 Å². The monoisotopic (exact) mass is 358 g/mol. The molecular formula is C19H22N2O3S. The summed E-state index contributed by atoms with van der Waals surface area (Å²) in [4.78, 5) is 24.4. The van der Waals surface area contributed by atoms with Crippen LogP contribution in [0, 0.1) is 0 Å². The van der Waals surface area contributed by atoms with Crippen LogP contribution >= 0.6 is 11.3 Å². The summed E-state index contributed by atoms with van der Waals surface area (Å²) in [6, 6.07) is 9.06. The van der Waals surface area contributed by atoms with Gasteiger partial charge in [0.25, 0.3) is 0 Å². The van der Waals surface area contributed by atoms with Crippen molar-refractivity contribution in [2.75, 3.05) is 19.0 Å². The Kier molecular flexibility index (Phi) is 5.38. The van der Waals surface area contributed by atoms with Gasteiger partial charge in [0.1, 0.15) is 5.75 Å². The first-order chi connectivity index (χ1) is 12.1. The van der Waals surface area contributed by atoms with Gasteiger partial charge >= 0.3 is 11.8 Å². The van der Waals surface area contributed by atoms with Gasteiger partial charge in [0.15, 0.2) is 0 Å². The molecule has 1 saturated carbocycles. The maximum absolute atomic E-state index is 12.2. The van der Waals surface area contributed by atoms with E-state index in [1.807, 2.05) is 0 Å². The Morgan fingerprint density at radius 2 is 2.00 bits per heavy atom. The summed E-state index contributed by atoms with van der Waals surface area (Å²) in [7, 11) is 1.55. The molecule has 1 fully saturated rings. The molecule has 1 heterocycles. The van der Waals surface area contributed by atoms with Gasteiger partial charge in [-0.2, -0.15) is 11.3 Å². The van der Waals surface area contributed by atoms with Crippen molar-refractivity contribution in [1.82, 2.24) is 5.32 Å². The van der Waals surface area contributed by atoms with Crippen molar-refractivity contribution in [2.24, 2.45) is 0 Å². The first kappa shape index (κ1) is 17.5. The number of hydrogen-bond donors (Lipinski definition) is 2. The van der Waals surface area contributed by atoms with Gasteiger partial charge in [0.2, 0.25) is 0 Å². The highest BCUT2D eigenvalue weighted by Gasteiger charge is 2.36. The minimum Gasteiger partial charge on any atom is -0.497 e. The third kappa shape index (κ3) is 4.02. The Labute approximate surface area is 151 Å². The van der Waals surface area contributed by atoms with Gasteiger partial charge in [-0.3, -0.25) is 9.59 Å². The van der Waals surface area contributed by atoms with Crippen LogP contribution in [0.15, 0.2) is 41.1 Å². The zero-order chi connectivity index (χ0) is 17.7. The van der Waals surface area contributed by atoms with Gasteiger partial charge in [0, 0.05) is 23.7 Å². The number of benzene rings is 1. The minimum absolute atomic E-state index is 0.0358. The number of carbonyl (C=O) groups excluding carboxylic acids is 2. The summed E-state index contributed by atoms with van der Waals surface area (Å²) in [5.74, 6) is -0.642. The molecule has 1 aromatic carbocycles.